The second-order valence-corrected chi connectivity index (χ2v) is 12.6. The van der Waals surface area contributed by atoms with Crippen LogP contribution in [-0.4, -0.2) is 10.9 Å². The molecule has 5 aromatic rings. The zero-order valence-corrected chi connectivity index (χ0v) is 27.6. The lowest BCUT2D eigenvalue weighted by Gasteiger charge is -2.26. The molecule has 0 bridgehead atoms. The van der Waals surface area contributed by atoms with Gasteiger partial charge in [-0.25, -0.2) is 4.98 Å². The number of hydrogen-bond acceptors (Lipinski definition) is 7. The normalized spacial score (nSPS) is 11.2. The van der Waals surface area contributed by atoms with Crippen LogP contribution in [0.5, 0.6) is 0 Å². The summed E-state index contributed by atoms with van der Waals surface area (Å²) in [5.74, 6) is -0.186. The number of carbonyl (C=O) groups excluding carboxylic acids is 1. The minimum Gasteiger partial charge on any atom is -0.363 e. The Morgan fingerprint density at radius 2 is 1.43 bits per heavy atom. The van der Waals surface area contributed by atoms with Gasteiger partial charge in [0, 0.05) is 25.7 Å². The van der Waals surface area contributed by atoms with Gasteiger partial charge in [0.2, 0.25) is 11.0 Å². The third-order valence-electron chi connectivity index (χ3n) is 7.84. The highest BCUT2D eigenvalue weighted by Crippen LogP contribution is 2.35. The van der Waals surface area contributed by atoms with Gasteiger partial charge in [-0.05, 0) is 84.3 Å². The van der Waals surface area contributed by atoms with Gasteiger partial charge in [0.15, 0.2) is 0 Å². The Labute approximate surface area is 275 Å². The van der Waals surface area contributed by atoms with E-state index in [0.717, 1.165) is 28.7 Å². The molecule has 0 aliphatic heterocycles. The number of azo groups is 1. The maximum Gasteiger partial charge on any atom is 0.231 e. The fraction of sp³-hybridized carbons (Fsp3) is 0.289. The van der Waals surface area contributed by atoms with Crippen molar-refractivity contribution in [1.82, 2.24) is 4.98 Å². The summed E-state index contributed by atoms with van der Waals surface area (Å²) in [5, 5.41) is 21.5. The lowest BCUT2D eigenvalue weighted by atomic mass is 10.0. The molecule has 0 radical (unpaired) electrons. The first-order valence-electron chi connectivity index (χ1n) is 16.0. The van der Waals surface area contributed by atoms with Gasteiger partial charge < -0.3 is 10.2 Å². The zero-order chi connectivity index (χ0) is 32.3. The van der Waals surface area contributed by atoms with Crippen molar-refractivity contribution in [3.63, 3.8) is 0 Å². The highest BCUT2D eigenvalue weighted by atomic mass is 32.1. The van der Waals surface area contributed by atoms with Crippen molar-refractivity contribution in [3.8, 4) is 6.07 Å². The van der Waals surface area contributed by atoms with Crippen molar-refractivity contribution >= 4 is 49.7 Å². The number of benzene rings is 4. The molecule has 0 atom stereocenters. The predicted octanol–water partition coefficient (Wildman–Crippen LogP) is 10.4. The number of aryl methyl sites for hydroxylation is 2. The zero-order valence-electron chi connectivity index (χ0n) is 26.8. The first-order valence-corrected chi connectivity index (χ1v) is 16.8. The van der Waals surface area contributed by atoms with Crippen LogP contribution in [-0.2, 0) is 30.7 Å². The molecule has 234 valence electrons. The molecule has 8 heteroatoms. The van der Waals surface area contributed by atoms with Gasteiger partial charge >= 0.3 is 0 Å². The lowest BCUT2D eigenvalue weighted by Crippen LogP contribution is -2.22. The smallest absolute Gasteiger partial charge is 0.231 e. The highest BCUT2D eigenvalue weighted by molar-refractivity contribution is 7.21. The Hall–Kier alpha value is -4.87. The standard InChI is InChI=1S/C38H40N6OS/c1-4-6-8-28-10-14-30(15-11-28)25-44(26-31-16-12-29(13-17-31)9-7-5-2)33-19-21-34(36(23-33)40-27(3)45)42-43-38-41-35-20-18-32(24-39)22-37(35)46-38/h10-23H,4-9,25-26H2,1-3H3,(H,40,45). The number of anilines is 2. The number of hydrogen-bond donors (Lipinski definition) is 1. The number of nitrogens with zero attached hydrogens (tertiary/aromatic N) is 5. The average molecular weight is 629 g/mol. The first-order chi connectivity index (χ1) is 22.4. The van der Waals surface area contributed by atoms with Crippen molar-refractivity contribution in [3.05, 3.63) is 113 Å². The maximum absolute atomic E-state index is 12.3. The number of amides is 1. The number of nitrogens with one attached hydrogen (secondary N) is 1. The van der Waals surface area contributed by atoms with E-state index in [9.17, 15) is 10.1 Å². The molecule has 4 aromatic carbocycles. The summed E-state index contributed by atoms with van der Waals surface area (Å²) in [6, 6.07) is 31.2. The molecule has 46 heavy (non-hydrogen) atoms. The van der Waals surface area contributed by atoms with Gasteiger partial charge in [0.1, 0.15) is 5.69 Å². The molecule has 0 aliphatic rings. The SMILES string of the molecule is CCCCc1ccc(CN(Cc2ccc(CCCC)cc2)c2ccc(N=Nc3nc4ccc(C#N)cc4s3)c(NC(C)=O)c2)cc1. The first kappa shape index (κ1) is 32.5. The van der Waals surface area contributed by atoms with Crippen molar-refractivity contribution in [1.29, 1.82) is 5.26 Å². The predicted molar refractivity (Wildman–Crippen MR) is 189 cm³/mol. The Balaban J connectivity index is 1.44. The Kier molecular flexibility index (Phi) is 11.3. The molecular formula is C38H40N6OS. The van der Waals surface area contributed by atoms with Crippen LogP contribution in [0, 0.1) is 11.3 Å². The third-order valence-corrected chi connectivity index (χ3v) is 8.74. The van der Waals surface area contributed by atoms with Gasteiger partial charge in [-0.3, -0.25) is 4.79 Å². The topological polar surface area (TPSA) is 93.7 Å². The Bertz CT molecular complexity index is 1780. The summed E-state index contributed by atoms with van der Waals surface area (Å²) in [4.78, 5) is 19.1. The molecule has 1 aromatic heterocycles. The van der Waals surface area contributed by atoms with Crippen LogP contribution in [0.3, 0.4) is 0 Å². The number of thiazole rings is 1. The van der Waals surface area contributed by atoms with E-state index in [0.29, 0.717) is 35.2 Å². The van der Waals surface area contributed by atoms with Crippen LogP contribution in [0.2, 0.25) is 0 Å². The molecule has 1 amide bonds. The number of fused-ring (bicyclic) bond motifs is 1. The van der Waals surface area contributed by atoms with E-state index in [4.69, 9.17) is 0 Å². The molecule has 0 aliphatic carbocycles. The summed E-state index contributed by atoms with van der Waals surface area (Å²) in [5.41, 5.74) is 8.60. The van der Waals surface area contributed by atoms with E-state index in [2.05, 4.69) is 93.9 Å². The van der Waals surface area contributed by atoms with E-state index in [-0.39, 0.29) is 5.91 Å². The molecule has 7 nitrogen and oxygen atoms in total. The second-order valence-electron chi connectivity index (χ2n) is 11.6. The second kappa shape index (κ2) is 15.9. The van der Waals surface area contributed by atoms with E-state index in [1.165, 1.54) is 66.2 Å². The van der Waals surface area contributed by atoms with Crippen molar-refractivity contribution in [2.75, 3.05) is 10.2 Å². The van der Waals surface area contributed by atoms with Crippen molar-refractivity contribution < 1.29 is 4.79 Å². The summed E-state index contributed by atoms with van der Waals surface area (Å²) < 4.78 is 0.873. The summed E-state index contributed by atoms with van der Waals surface area (Å²) in [6.07, 6.45) is 6.94. The third kappa shape index (κ3) is 8.86. The van der Waals surface area contributed by atoms with E-state index in [1.54, 1.807) is 12.1 Å². The molecule has 1 N–H and O–H groups in total. The van der Waals surface area contributed by atoms with E-state index < -0.39 is 0 Å². The molecule has 0 fully saturated rings. The van der Waals surface area contributed by atoms with Gasteiger partial charge in [0.05, 0.1) is 27.5 Å². The van der Waals surface area contributed by atoms with E-state index in [1.807, 2.05) is 24.3 Å². The van der Waals surface area contributed by atoms with Crippen LogP contribution in [0.15, 0.2) is 95.2 Å². The molecule has 0 saturated carbocycles. The molecule has 0 unspecified atom stereocenters. The van der Waals surface area contributed by atoms with Gasteiger partial charge in [-0.1, -0.05) is 86.6 Å². The maximum atomic E-state index is 12.3. The van der Waals surface area contributed by atoms with Crippen molar-refractivity contribution in [2.24, 2.45) is 10.2 Å². The number of rotatable bonds is 14. The van der Waals surface area contributed by atoms with Gasteiger partial charge in [0.25, 0.3) is 0 Å². The fourth-order valence-electron chi connectivity index (χ4n) is 5.28. The minimum atomic E-state index is -0.186. The average Bonchev–Trinajstić information content (AvgIpc) is 3.48. The monoisotopic (exact) mass is 628 g/mol. The largest absolute Gasteiger partial charge is 0.363 e. The molecule has 1 heterocycles. The number of unbranched alkanes of at least 4 members (excludes halogenated alkanes) is 2. The van der Waals surface area contributed by atoms with Crippen molar-refractivity contribution in [2.45, 2.75) is 72.4 Å². The molecular weight excluding hydrogens is 589 g/mol. The van der Waals surface area contributed by atoms with Crippen LogP contribution >= 0.6 is 11.3 Å². The Morgan fingerprint density at radius 3 is 2.00 bits per heavy atom. The minimum absolute atomic E-state index is 0.186. The number of aromatic nitrogens is 1. The van der Waals surface area contributed by atoms with Gasteiger partial charge in [-0.2, -0.15) is 5.26 Å². The van der Waals surface area contributed by atoms with Crippen LogP contribution in [0.25, 0.3) is 10.2 Å². The molecule has 0 saturated heterocycles. The molecule has 0 spiro atoms. The fourth-order valence-corrected chi connectivity index (χ4v) is 6.11. The summed E-state index contributed by atoms with van der Waals surface area (Å²) in [6.45, 7) is 7.35. The van der Waals surface area contributed by atoms with Gasteiger partial charge in [-0.15, -0.1) is 10.2 Å². The van der Waals surface area contributed by atoms with Crippen LogP contribution < -0.4 is 10.2 Å². The van der Waals surface area contributed by atoms with E-state index >= 15 is 0 Å². The van der Waals surface area contributed by atoms with Crippen LogP contribution in [0.4, 0.5) is 22.2 Å². The lowest BCUT2D eigenvalue weighted by molar-refractivity contribution is -0.114. The quantitative estimate of drug-likeness (QED) is 0.124. The van der Waals surface area contributed by atoms with Crippen LogP contribution in [0.1, 0.15) is 74.3 Å². The number of nitriles is 1. The number of carbonyl (C=O) groups is 1. The summed E-state index contributed by atoms with van der Waals surface area (Å²) in [7, 11) is 0. The highest BCUT2D eigenvalue weighted by Gasteiger charge is 2.14. The Morgan fingerprint density at radius 1 is 0.826 bits per heavy atom. The molecule has 5 rings (SSSR count). The summed E-state index contributed by atoms with van der Waals surface area (Å²) >= 11 is 1.37.